The Labute approximate surface area is 182 Å². The molecule has 0 aliphatic heterocycles. The Bertz CT molecular complexity index is 974. The molecule has 2 aromatic heterocycles. The van der Waals surface area contributed by atoms with E-state index < -0.39 is 17.5 Å². The third-order valence-electron chi connectivity index (χ3n) is 4.57. The number of hydrogen-bond donors (Lipinski definition) is 1. The number of thiophene rings is 1. The van der Waals surface area contributed by atoms with E-state index in [9.17, 15) is 9.59 Å². The van der Waals surface area contributed by atoms with Crippen LogP contribution in [0.4, 0.5) is 5.69 Å². The van der Waals surface area contributed by atoms with Gasteiger partial charge in [0.25, 0.3) is 5.91 Å². The highest BCUT2D eigenvalue weighted by Crippen LogP contribution is 2.36. The predicted octanol–water partition coefficient (Wildman–Crippen LogP) is 4.95. The monoisotopic (exact) mass is 448 g/mol. The zero-order chi connectivity index (χ0) is 21.0. The molecule has 152 valence electrons. The number of carbonyl (C=O) groups excluding carboxylic acids is 2. The van der Waals surface area contributed by atoms with E-state index in [0.717, 1.165) is 22.8 Å². The Kier molecular flexibility index (Phi) is 6.66. The fraction of sp³-hybridized carbons (Fsp3) is 0.300. The summed E-state index contributed by atoms with van der Waals surface area (Å²) in [5.74, 6) is -0.717. The van der Waals surface area contributed by atoms with Crippen LogP contribution in [0.5, 0.6) is 0 Å². The highest BCUT2D eigenvalue weighted by atomic mass is 35.5. The fourth-order valence-corrected chi connectivity index (χ4v) is 4.17. The maximum Gasteiger partial charge on any atom is 0.280 e. The first-order chi connectivity index (χ1) is 13.8. The van der Waals surface area contributed by atoms with Crippen LogP contribution in [-0.4, -0.2) is 26.9 Å². The van der Waals surface area contributed by atoms with E-state index in [1.54, 1.807) is 29.6 Å². The van der Waals surface area contributed by atoms with Crippen molar-refractivity contribution in [3.05, 3.63) is 62.8 Å². The van der Waals surface area contributed by atoms with Gasteiger partial charge < -0.3 is 5.32 Å². The minimum absolute atomic E-state index is 0.166. The van der Waals surface area contributed by atoms with Gasteiger partial charge in [0.05, 0.1) is 10.7 Å². The molecule has 0 saturated carbocycles. The number of anilines is 1. The highest BCUT2D eigenvalue weighted by molar-refractivity contribution is 7.10. The Hall–Kier alpha value is -2.29. The SMILES string of the molecule is CCC(C)(C)NC(=O)[C@@H](c1cccs1)N(C(=O)c1csnn1)c1ccccc1Cl. The number of amides is 2. The lowest BCUT2D eigenvalue weighted by atomic mass is 10.0. The fourth-order valence-electron chi connectivity index (χ4n) is 2.70. The molecule has 1 N–H and O–H groups in total. The Morgan fingerprint density at radius 3 is 2.59 bits per heavy atom. The van der Waals surface area contributed by atoms with Crippen molar-refractivity contribution in [3.63, 3.8) is 0 Å². The third kappa shape index (κ3) is 4.83. The molecule has 0 spiro atoms. The second-order valence-corrected chi connectivity index (χ2v) is 9.06. The zero-order valence-corrected chi connectivity index (χ0v) is 18.6. The zero-order valence-electron chi connectivity index (χ0n) is 16.3. The van der Waals surface area contributed by atoms with Gasteiger partial charge in [0.15, 0.2) is 11.7 Å². The molecule has 0 saturated heterocycles. The molecular formula is C20H21ClN4O2S2. The Morgan fingerprint density at radius 1 is 1.24 bits per heavy atom. The van der Waals surface area contributed by atoms with Gasteiger partial charge in [-0.05, 0) is 55.4 Å². The van der Waals surface area contributed by atoms with Crippen molar-refractivity contribution in [3.8, 4) is 0 Å². The minimum atomic E-state index is -0.894. The van der Waals surface area contributed by atoms with E-state index in [2.05, 4.69) is 14.9 Å². The topological polar surface area (TPSA) is 75.2 Å². The van der Waals surface area contributed by atoms with Crippen LogP contribution in [0.2, 0.25) is 5.02 Å². The molecule has 6 nitrogen and oxygen atoms in total. The van der Waals surface area contributed by atoms with Gasteiger partial charge in [-0.3, -0.25) is 14.5 Å². The van der Waals surface area contributed by atoms with Gasteiger partial charge in [-0.2, -0.15) is 0 Å². The van der Waals surface area contributed by atoms with Gasteiger partial charge in [-0.1, -0.05) is 41.2 Å². The Balaban J connectivity index is 2.14. The predicted molar refractivity (Wildman–Crippen MR) is 118 cm³/mol. The quantitative estimate of drug-likeness (QED) is 0.555. The van der Waals surface area contributed by atoms with Crippen LogP contribution >= 0.6 is 34.5 Å². The van der Waals surface area contributed by atoms with Crippen molar-refractivity contribution in [2.45, 2.75) is 38.8 Å². The summed E-state index contributed by atoms with van der Waals surface area (Å²) in [4.78, 5) is 29.0. The van der Waals surface area contributed by atoms with Crippen LogP contribution in [0.3, 0.4) is 0 Å². The van der Waals surface area contributed by atoms with Crippen molar-refractivity contribution >= 4 is 52.0 Å². The van der Waals surface area contributed by atoms with Crippen molar-refractivity contribution < 1.29 is 9.59 Å². The number of aromatic nitrogens is 2. The van der Waals surface area contributed by atoms with Gasteiger partial charge in [-0.25, -0.2) is 0 Å². The largest absolute Gasteiger partial charge is 0.349 e. The summed E-state index contributed by atoms with van der Waals surface area (Å²) in [6, 6.07) is 9.76. The highest BCUT2D eigenvalue weighted by Gasteiger charge is 2.37. The number of nitrogens with zero attached hydrogens (tertiary/aromatic N) is 3. The van der Waals surface area contributed by atoms with Crippen LogP contribution in [0, 0.1) is 0 Å². The normalized spacial score (nSPS) is 12.4. The summed E-state index contributed by atoms with van der Waals surface area (Å²) in [5.41, 5.74) is 0.179. The summed E-state index contributed by atoms with van der Waals surface area (Å²) in [5, 5.41) is 10.8. The molecule has 1 aromatic carbocycles. The first-order valence-corrected chi connectivity index (χ1v) is 11.1. The van der Waals surface area contributed by atoms with Crippen LogP contribution in [0.25, 0.3) is 0 Å². The minimum Gasteiger partial charge on any atom is -0.349 e. The summed E-state index contributed by atoms with van der Waals surface area (Å²) < 4.78 is 3.79. The van der Waals surface area contributed by atoms with E-state index in [4.69, 9.17) is 11.6 Å². The molecule has 9 heteroatoms. The number of para-hydroxylation sites is 1. The molecular weight excluding hydrogens is 428 g/mol. The van der Waals surface area contributed by atoms with Crippen LogP contribution < -0.4 is 10.2 Å². The summed E-state index contributed by atoms with van der Waals surface area (Å²) in [6.07, 6.45) is 0.742. The molecule has 0 aliphatic carbocycles. The van der Waals surface area contributed by atoms with Gasteiger partial charge in [0.1, 0.15) is 0 Å². The van der Waals surface area contributed by atoms with Crippen LogP contribution in [-0.2, 0) is 4.79 Å². The van der Waals surface area contributed by atoms with E-state index in [1.165, 1.54) is 16.2 Å². The van der Waals surface area contributed by atoms with Crippen molar-refractivity contribution in [1.82, 2.24) is 14.9 Å². The lowest BCUT2D eigenvalue weighted by Crippen LogP contribution is -2.50. The van der Waals surface area contributed by atoms with Crippen molar-refractivity contribution in [2.24, 2.45) is 0 Å². The first-order valence-electron chi connectivity index (χ1n) is 9.04. The summed E-state index contributed by atoms with van der Waals surface area (Å²) in [7, 11) is 0. The molecule has 3 rings (SSSR count). The average molecular weight is 449 g/mol. The maximum atomic E-state index is 13.4. The molecule has 0 fully saturated rings. The molecule has 0 bridgehead atoms. The van der Waals surface area contributed by atoms with E-state index in [-0.39, 0.29) is 11.6 Å². The van der Waals surface area contributed by atoms with E-state index >= 15 is 0 Å². The average Bonchev–Trinajstić information content (AvgIpc) is 3.40. The molecule has 2 heterocycles. The number of carbonyl (C=O) groups is 2. The number of benzene rings is 1. The smallest absolute Gasteiger partial charge is 0.280 e. The van der Waals surface area contributed by atoms with Crippen molar-refractivity contribution in [2.75, 3.05) is 4.90 Å². The lowest BCUT2D eigenvalue weighted by molar-refractivity contribution is -0.124. The van der Waals surface area contributed by atoms with Crippen molar-refractivity contribution in [1.29, 1.82) is 0 Å². The summed E-state index contributed by atoms with van der Waals surface area (Å²) >= 11 is 8.92. The molecule has 29 heavy (non-hydrogen) atoms. The standard InChI is InChI=1S/C20H21ClN4O2S2/c1-4-20(2,3)22-18(26)17(16-10-7-11-28-16)25(15-9-6-5-8-13(15)21)19(27)14-12-29-24-23-14/h5-12,17H,4H2,1-3H3,(H,22,26)/t17-/m1/s1. The third-order valence-corrected chi connectivity index (χ3v) is 6.32. The number of nitrogens with one attached hydrogen (secondary N) is 1. The molecule has 2 amide bonds. The van der Waals surface area contributed by atoms with Crippen LogP contribution in [0.1, 0.15) is 48.6 Å². The van der Waals surface area contributed by atoms with Gasteiger partial charge >= 0.3 is 0 Å². The molecule has 1 atom stereocenters. The lowest BCUT2D eigenvalue weighted by Gasteiger charge is -2.33. The van der Waals surface area contributed by atoms with Gasteiger partial charge in [0, 0.05) is 15.8 Å². The molecule has 0 unspecified atom stereocenters. The molecule has 3 aromatic rings. The van der Waals surface area contributed by atoms with E-state index in [0.29, 0.717) is 10.7 Å². The van der Waals surface area contributed by atoms with E-state index in [1.807, 2.05) is 38.3 Å². The Morgan fingerprint density at radius 2 is 2.00 bits per heavy atom. The van der Waals surface area contributed by atoms with Gasteiger partial charge in [-0.15, -0.1) is 16.4 Å². The second kappa shape index (κ2) is 9.02. The first kappa shape index (κ1) is 21.4. The van der Waals surface area contributed by atoms with Crippen LogP contribution in [0.15, 0.2) is 47.2 Å². The number of halogens is 1. The number of hydrogen-bond acceptors (Lipinski definition) is 6. The molecule has 0 aliphatic rings. The second-order valence-electron chi connectivity index (χ2n) is 7.06. The molecule has 0 radical (unpaired) electrons. The van der Waals surface area contributed by atoms with Gasteiger partial charge in [0.2, 0.25) is 5.91 Å². The number of rotatable bonds is 7. The summed E-state index contributed by atoms with van der Waals surface area (Å²) in [6.45, 7) is 5.89. The maximum absolute atomic E-state index is 13.4.